The van der Waals surface area contributed by atoms with Gasteiger partial charge in [0.15, 0.2) is 0 Å². The molecule has 3 fully saturated rings. The van der Waals surface area contributed by atoms with Gasteiger partial charge in [-0.15, -0.1) is 0 Å². The number of carbonyl (C=O) groups excluding carboxylic acids is 1. The Bertz CT molecular complexity index is 667. The number of aliphatic hydroxyl groups excluding tert-OH is 1. The molecule has 0 aromatic heterocycles. The fourth-order valence-corrected chi connectivity index (χ4v) is 4.02. The van der Waals surface area contributed by atoms with Crippen LogP contribution in [0.15, 0.2) is 24.3 Å². The number of carboxylic acids is 1. The van der Waals surface area contributed by atoms with Crippen LogP contribution in [0.2, 0.25) is 0 Å². The van der Waals surface area contributed by atoms with E-state index in [2.05, 4.69) is 10.2 Å². The van der Waals surface area contributed by atoms with Gasteiger partial charge in [0.05, 0.1) is 12.0 Å². The third-order valence-corrected chi connectivity index (χ3v) is 5.82. The van der Waals surface area contributed by atoms with Crippen LogP contribution in [-0.2, 0) is 4.79 Å². The smallest absolute Gasteiger partial charge is 0.306 e. The lowest BCUT2D eigenvalue weighted by molar-refractivity contribution is -0.138. The van der Waals surface area contributed by atoms with E-state index in [4.69, 9.17) is 5.11 Å². The Balaban J connectivity index is 1.29. The molecule has 2 saturated carbocycles. The van der Waals surface area contributed by atoms with Gasteiger partial charge in [-0.1, -0.05) is 0 Å². The summed E-state index contributed by atoms with van der Waals surface area (Å²) in [5.41, 5.74) is 1.71. The van der Waals surface area contributed by atoms with Gasteiger partial charge in [0.25, 0.3) is 5.91 Å². The molecule has 1 heterocycles. The summed E-state index contributed by atoms with van der Waals surface area (Å²) >= 11 is 0. The number of carbonyl (C=O) groups is 2. The van der Waals surface area contributed by atoms with E-state index < -0.39 is 5.97 Å². The van der Waals surface area contributed by atoms with Crippen molar-refractivity contribution < 1.29 is 19.8 Å². The molecule has 0 radical (unpaired) electrons. The highest BCUT2D eigenvalue weighted by atomic mass is 16.4. The molecule has 0 bridgehead atoms. The number of hydrogen-bond acceptors (Lipinski definition) is 4. The molecule has 1 aromatic carbocycles. The van der Waals surface area contributed by atoms with Gasteiger partial charge in [-0.25, -0.2) is 0 Å². The second-order valence-corrected chi connectivity index (χ2v) is 7.59. The number of rotatable bonds is 5. The van der Waals surface area contributed by atoms with E-state index in [9.17, 15) is 14.7 Å². The largest absolute Gasteiger partial charge is 0.481 e. The first-order chi connectivity index (χ1) is 12.0. The summed E-state index contributed by atoms with van der Waals surface area (Å²) in [6, 6.07) is 7.72. The number of benzene rings is 1. The maximum Gasteiger partial charge on any atom is 0.306 e. The van der Waals surface area contributed by atoms with Gasteiger partial charge in [0.1, 0.15) is 0 Å². The Hall–Kier alpha value is -2.08. The third kappa shape index (κ3) is 3.49. The van der Waals surface area contributed by atoms with Gasteiger partial charge in [-0.05, 0) is 61.8 Å². The van der Waals surface area contributed by atoms with E-state index in [1.165, 1.54) is 0 Å². The number of nitrogens with one attached hydrogen (secondary N) is 1. The first-order valence-electron chi connectivity index (χ1n) is 9.09. The van der Waals surface area contributed by atoms with Crippen LogP contribution < -0.4 is 10.2 Å². The average molecular weight is 344 g/mol. The van der Waals surface area contributed by atoms with Gasteiger partial charge in [-0.2, -0.15) is 0 Å². The fraction of sp³-hybridized carbons (Fsp3) is 0.579. The summed E-state index contributed by atoms with van der Waals surface area (Å²) in [7, 11) is 0. The third-order valence-electron chi connectivity index (χ3n) is 5.82. The predicted octanol–water partition coefficient (Wildman–Crippen LogP) is 1.49. The molecule has 6 heteroatoms. The quantitative estimate of drug-likeness (QED) is 0.753. The van der Waals surface area contributed by atoms with Crippen molar-refractivity contribution in [1.29, 1.82) is 0 Å². The Morgan fingerprint density at radius 2 is 1.72 bits per heavy atom. The van der Waals surface area contributed by atoms with Crippen LogP contribution in [0.3, 0.4) is 0 Å². The Morgan fingerprint density at radius 3 is 2.32 bits per heavy atom. The van der Waals surface area contributed by atoms with Crippen molar-refractivity contribution in [3.05, 3.63) is 29.8 Å². The summed E-state index contributed by atoms with van der Waals surface area (Å²) in [5.74, 6) is -0.401. The number of aliphatic hydroxyl groups is 1. The van der Waals surface area contributed by atoms with Crippen LogP contribution in [0.1, 0.15) is 36.0 Å². The molecule has 6 nitrogen and oxygen atoms in total. The summed E-state index contributed by atoms with van der Waals surface area (Å²) < 4.78 is 0. The van der Waals surface area contributed by atoms with Crippen LogP contribution >= 0.6 is 0 Å². The van der Waals surface area contributed by atoms with Gasteiger partial charge < -0.3 is 20.4 Å². The van der Waals surface area contributed by atoms with Crippen molar-refractivity contribution >= 4 is 17.6 Å². The SMILES string of the molecule is O=C(N[C@@H]1C[C@@H]1[C@@H]1C[C@@H]1C(=O)O)c1ccc(N2CCC(O)CC2)cc1. The van der Waals surface area contributed by atoms with Crippen molar-refractivity contribution in [3.63, 3.8) is 0 Å². The lowest BCUT2D eigenvalue weighted by Crippen LogP contribution is -2.35. The van der Waals surface area contributed by atoms with E-state index in [0.717, 1.165) is 44.5 Å². The maximum atomic E-state index is 12.4. The van der Waals surface area contributed by atoms with Crippen LogP contribution in [-0.4, -0.2) is 47.3 Å². The molecule has 1 amide bonds. The van der Waals surface area contributed by atoms with Gasteiger partial charge in [0, 0.05) is 30.4 Å². The van der Waals surface area contributed by atoms with Crippen LogP contribution in [0.5, 0.6) is 0 Å². The number of anilines is 1. The monoisotopic (exact) mass is 344 g/mol. The topological polar surface area (TPSA) is 89.9 Å². The second-order valence-electron chi connectivity index (χ2n) is 7.59. The maximum absolute atomic E-state index is 12.4. The van der Waals surface area contributed by atoms with Crippen molar-refractivity contribution in [2.45, 2.75) is 37.8 Å². The number of amides is 1. The molecular formula is C19H24N2O4. The summed E-state index contributed by atoms with van der Waals surface area (Å²) in [6.07, 6.45) is 3.02. The summed E-state index contributed by atoms with van der Waals surface area (Å²) in [5, 5.41) is 21.6. The molecule has 0 spiro atoms. The highest BCUT2D eigenvalue weighted by Gasteiger charge is 2.56. The molecule has 4 atom stereocenters. The Morgan fingerprint density at radius 1 is 1.04 bits per heavy atom. The first-order valence-corrected chi connectivity index (χ1v) is 9.09. The minimum Gasteiger partial charge on any atom is -0.481 e. The number of aliphatic carboxylic acids is 1. The lowest BCUT2D eigenvalue weighted by atomic mass is 10.1. The van der Waals surface area contributed by atoms with Crippen molar-refractivity contribution in [2.24, 2.45) is 17.8 Å². The zero-order valence-corrected chi connectivity index (χ0v) is 14.1. The zero-order valence-electron chi connectivity index (χ0n) is 14.1. The van der Waals surface area contributed by atoms with Crippen LogP contribution in [0, 0.1) is 17.8 Å². The standard InChI is InChI=1S/C19H24N2O4/c22-13-5-7-21(8-6-13)12-3-1-11(2-4-12)18(23)20-17-10-15(17)14-9-16(14)19(24)25/h1-4,13-17,22H,5-10H2,(H,20,23)(H,24,25)/t14-,15+,16-,17+/m0/s1. The molecular weight excluding hydrogens is 320 g/mol. The van der Waals surface area contributed by atoms with Crippen molar-refractivity contribution in [3.8, 4) is 0 Å². The molecule has 1 saturated heterocycles. The van der Waals surface area contributed by atoms with Crippen molar-refractivity contribution in [1.82, 2.24) is 5.32 Å². The van der Waals surface area contributed by atoms with Crippen LogP contribution in [0.25, 0.3) is 0 Å². The Kier molecular flexibility index (Phi) is 4.15. The molecule has 134 valence electrons. The summed E-state index contributed by atoms with van der Waals surface area (Å²) in [4.78, 5) is 25.5. The second kappa shape index (κ2) is 6.33. The molecule has 25 heavy (non-hydrogen) atoms. The number of carboxylic acid groups (broad SMARTS) is 1. The molecule has 0 unspecified atom stereocenters. The number of nitrogens with zero attached hydrogens (tertiary/aromatic N) is 1. The van der Waals surface area contributed by atoms with E-state index in [1.807, 2.05) is 24.3 Å². The van der Waals surface area contributed by atoms with E-state index >= 15 is 0 Å². The molecule has 3 aliphatic rings. The van der Waals surface area contributed by atoms with E-state index in [1.54, 1.807) is 0 Å². The number of hydrogen-bond donors (Lipinski definition) is 3. The predicted molar refractivity (Wildman–Crippen MR) is 92.5 cm³/mol. The van der Waals surface area contributed by atoms with E-state index in [-0.39, 0.29) is 29.9 Å². The molecule has 3 N–H and O–H groups in total. The molecule has 1 aliphatic heterocycles. The van der Waals surface area contributed by atoms with Crippen LogP contribution in [0.4, 0.5) is 5.69 Å². The van der Waals surface area contributed by atoms with E-state index in [0.29, 0.717) is 11.5 Å². The lowest BCUT2D eigenvalue weighted by Gasteiger charge is -2.31. The average Bonchev–Trinajstić information content (AvgIpc) is 3.49. The highest BCUT2D eigenvalue weighted by molar-refractivity contribution is 5.95. The van der Waals surface area contributed by atoms with Gasteiger partial charge in [-0.3, -0.25) is 9.59 Å². The molecule has 1 aromatic rings. The first kappa shape index (κ1) is 16.4. The zero-order chi connectivity index (χ0) is 17.6. The summed E-state index contributed by atoms with van der Waals surface area (Å²) in [6.45, 7) is 1.67. The minimum atomic E-state index is -0.706. The normalized spacial score (nSPS) is 31.5. The van der Waals surface area contributed by atoms with Gasteiger partial charge >= 0.3 is 5.97 Å². The Labute approximate surface area is 146 Å². The highest BCUT2D eigenvalue weighted by Crippen LogP contribution is 2.54. The minimum absolute atomic E-state index is 0.0827. The molecule has 2 aliphatic carbocycles. The van der Waals surface area contributed by atoms with Crippen molar-refractivity contribution in [2.75, 3.05) is 18.0 Å². The van der Waals surface area contributed by atoms with Gasteiger partial charge in [0.2, 0.25) is 0 Å². The number of piperidine rings is 1. The molecule has 4 rings (SSSR count). The fourth-order valence-electron chi connectivity index (χ4n) is 4.02.